The van der Waals surface area contributed by atoms with E-state index in [4.69, 9.17) is 0 Å². The Labute approximate surface area is 132 Å². The minimum absolute atomic E-state index is 0.0418. The van der Waals surface area contributed by atoms with Crippen LogP contribution in [0.25, 0.3) is 0 Å². The number of sulfonamides is 1. The van der Waals surface area contributed by atoms with Gasteiger partial charge < -0.3 is 10.4 Å². The second kappa shape index (κ2) is 7.60. The molecule has 0 aromatic heterocycles. The number of carbonyl (C=O) groups is 1. The zero-order valence-electron chi connectivity index (χ0n) is 13.4. The summed E-state index contributed by atoms with van der Waals surface area (Å²) >= 11 is 0. The second-order valence-corrected chi connectivity index (χ2v) is 7.11. The van der Waals surface area contributed by atoms with Crippen LogP contribution >= 0.6 is 0 Å². The molecule has 1 rings (SSSR count). The van der Waals surface area contributed by atoms with Gasteiger partial charge >= 0.3 is 5.97 Å². The molecule has 124 valence electrons. The van der Waals surface area contributed by atoms with Crippen LogP contribution in [0, 0.1) is 0 Å². The number of rotatable bonds is 8. The third kappa shape index (κ3) is 4.71. The molecule has 0 spiro atoms. The second-order valence-electron chi connectivity index (χ2n) is 5.40. The summed E-state index contributed by atoms with van der Waals surface area (Å²) in [5.41, 5.74) is 0.372. The number of nitrogens with one attached hydrogen (secondary N) is 2. The van der Waals surface area contributed by atoms with Crippen LogP contribution < -0.4 is 10.0 Å². The van der Waals surface area contributed by atoms with E-state index in [2.05, 4.69) is 10.0 Å². The maximum absolute atomic E-state index is 12.2. The molecule has 0 bridgehead atoms. The average Bonchev–Trinajstić information content (AvgIpc) is 2.46. The highest BCUT2D eigenvalue weighted by Gasteiger charge is 2.20. The maximum atomic E-state index is 12.2. The number of aromatic carboxylic acids is 1. The fourth-order valence-corrected chi connectivity index (χ4v) is 3.13. The Morgan fingerprint density at radius 3 is 2.27 bits per heavy atom. The van der Waals surface area contributed by atoms with Crippen LogP contribution in [-0.4, -0.2) is 31.6 Å². The van der Waals surface area contributed by atoms with Crippen molar-refractivity contribution in [3.05, 3.63) is 23.8 Å². The van der Waals surface area contributed by atoms with Crippen LogP contribution in [0.2, 0.25) is 0 Å². The summed E-state index contributed by atoms with van der Waals surface area (Å²) < 4.78 is 27.0. The van der Waals surface area contributed by atoms with Crippen LogP contribution in [0.4, 0.5) is 5.69 Å². The molecule has 2 atom stereocenters. The molecule has 0 heterocycles. The lowest BCUT2D eigenvalue weighted by Gasteiger charge is -2.17. The molecule has 3 N–H and O–H groups in total. The summed E-state index contributed by atoms with van der Waals surface area (Å²) in [4.78, 5) is 11.4. The molecule has 1 aromatic carbocycles. The minimum atomic E-state index is -3.72. The third-order valence-electron chi connectivity index (χ3n) is 3.51. The molecule has 0 aliphatic rings. The molecule has 0 fully saturated rings. The minimum Gasteiger partial charge on any atom is -0.478 e. The Hall–Kier alpha value is -1.60. The summed E-state index contributed by atoms with van der Waals surface area (Å²) in [6, 6.07) is 4.00. The highest BCUT2D eigenvalue weighted by Crippen LogP contribution is 2.22. The number of benzene rings is 1. The first-order chi connectivity index (χ1) is 10.2. The molecule has 0 aliphatic carbocycles. The molecule has 0 saturated carbocycles. The molecule has 1 aromatic rings. The van der Waals surface area contributed by atoms with E-state index in [-0.39, 0.29) is 22.5 Å². The Morgan fingerprint density at radius 2 is 1.77 bits per heavy atom. The number of carboxylic acids is 1. The highest BCUT2D eigenvalue weighted by molar-refractivity contribution is 7.89. The summed E-state index contributed by atoms with van der Waals surface area (Å²) in [5.74, 6) is -1.16. The van der Waals surface area contributed by atoms with E-state index in [0.717, 1.165) is 6.42 Å². The van der Waals surface area contributed by atoms with Crippen molar-refractivity contribution in [2.75, 3.05) is 5.32 Å². The predicted octanol–water partition coefficient (Wildman–Crippen LogP) is 2.67. The normalized spacial score (nSPS) is 14.4. The Bertz CT molecular complexity index is 628. The van der Waals surface area contributed by atoms with Crippen molar-refractivity contribution in [2.24, 2.45) is 0 Å². The van der Waals surface area contributed by atoms with E-state index in [1.54, 1.807) is 6.92 Å². The quantitative estimate of drug-likeness (QED) is 0.682. The van der Waals surface area contributed by atoms with Gasteiger partial charge in [-0.15, -0.1) is 0 Å². The van der Waals surface area contributed by atoms with Gasteiger partial charge in [0.1, 0.15) is 0 Å². The number of anilines is 1. The molecule has 22 heavy (non-hydrogen) atoms. The SMILES string of the molecule is CC[C@@H](C)NS(=O)(=O)c1ccc(N[C@@H](C)CC)c(C(=O)O)c1. The lowest BCUT2D eigenvalue weighted by molar-refractivity contribution is 0.0697. The van der Waals surface area contributed by atoms with Gasteiger partial charge in [-0.1, -0.05) is 13.8 Å². The van der Waals surface area contributed by atoms with Gasteiger partial charge in [-0.2, -0.15) is 0 Å². The van der Waals surface area contributed by atoms with Crippen LogP contribution in [0.1, 0.15) is 50.9 Å². The van der Waals surface area contributed by atoms with E-state index in [1.807, 2.05) is 20.8 Å². The van der Waals surface area contributed by atoms with Gasteiger partial charge in [0, 0.05) is 17.8 Å². The van der Waals surface area contributed by atoms with Crippen LogP contribution in [0.15, 0.2) is 23.1 Å². The monoisotopic (exact) mass is 328 g/mol. The van der Waals surface area contributed by atoms with Crippen molar-refractivity contribution < 1.29 is 18.3 Å². The topological polar surface area (TPSA) is 95.5 Å². The summed E-state index contributed by atoms with van der Waals surface area (Å²) in [6.07, 6.45) is 1.48. The van der Waals surface area contributed by atoms with Gasteiger partial charge in [-0.05, 0) is 44.9 Å². The average molecular weight is 328 g/mol. The van der Waals surface area contributed by atoms with Crippen LogP contribution in [0.3, 0.4) is 0 Å². The van der Waals surface area contributed by atoms with Crippen molar-refractivity contribution in [1.82, 2.24) is 4.72 Å². The fourth-order valence-electron chi connectivity index (χ4n) is 1.78. The Morgan fingerprint density at radius 1 is 1.18 bits per heavy atom. The van der Waals surface area contributed by atoms with Gasteiger partial charge in [0.2, 0.25) is 10.0 Å². The van der Waals surface area contributed by atoms with Crippen LogP contribution in [0.5, 0.6) is 0 Å². The lowest BCUT2D eigenvalue weighted by atomic mass is 10.1. The van der Waals surface area contributed by atoms with Crippen molar-refractivity contribution in [2.45, 2.75) is 57.5 Å². The van der Waals surface area contributed by atoms with Gasteiger partial charge in [0.25, 0.3) is 0 Å². The first kappa shape index (κ1) is 18.4. The van der Waals surface area contributed by atoms with Crippen molar-refractivity contribution in [3.8, 4) is 0 Å². The molecule has 6 nitrogen and oxygen atoms in total. The van der Waals surface area contributed by atoms with Gasteiger partial charge in [0.15, 0.2) is 0 Å². The van der Waals surface area contributed by atoms with Gasteiger partial charge in [-0.3, -0.25) is 0 Å². The number of hydrogen-bond acceptors (Lipinski definition) is 4. The molecule has 0 unspecified atom stereocenters. The standard InChI is InChI=1S/C15H24N2O4S/c1-5-10(3)16-14-8-7-12(9-13(14)15(18)19)22(20,21)17-11(4)6-2/h7-11,16-17H,5-6H2,1-4H3,(H,18,19)/t10-,11+/m0/s1. The van der Waals surface area contributed by atoms with E-state index < -0.39 is 16.0 Å². The van der Waals surface area contributed by atoms with E-state index in [0.29, 0.717) is 12.1 Å². The van der Waals surface area contributed by atoms with Crippen molar-refractivity contribution in [3.63, 3.8) is 0 Å². The third-order valence-corrected chi connectivity index (χ3v) is 5.10. The zero-order chi connectivity index (χ0) is 16.9. The van der Waals surface area contributed by atoms with E-state index in [9.17, 15) is 18.3 Å². The van der Waals surface area contributed by atoms with Gasteiger partial charge in [-0.25, -0.2) is 17.9 Å². The molecule has 0 amide bonds. The summed E-state index contributed by atoms with van der Waals surface area (Å²) in [7, 11) is -3.72. The maximum Gasteiger partial charge on any atom is 0.337 e. The molecular formula is C15H24N2O4S. The molecule has 0 radical (unpaired) electrons. The molecular weight excluding hydrogens is 304 g/mol. The summed E-state index contributed by atoms with van der Waals surface area (Å²) in [5, 5.41) is 12.4. The highest BCUT2D eigenvalue weighted by atomic mass is 32.2. The Kier molecular flexibility index (Phi) is 6.37. The lowest BCUT2D eigenvalue weighted by Crippen LogP contribution is -2.32. The van der Waals surface area contributed by atoms with Gasteiger partial charge in [0.05, 0.1) is 10.5 Å². The predicted molar refractivity (Wildman–Crippen MR) is 86.9 cm³/mol. The molecule has 0 aliphatic heterocycles. The number of carboxylic acid groups (broad SMARTS) is 1. The number of hydrogen-bond donors (Lipinski definition) is 3. The van der Waals surface area contributed by atoms with E-state index in [1.165, 1.54) is 18.2 Å². The smallest absolute Gasteiger partial charge is 0.337 e. The van der Waals surface area contributed by atoms with Crippen LogP contribution in [-0.2, 0) is 10.0 Å². The zero-order valence-corrected chi connectivity index (χ0v) is 14.2. The van der Waals surface area contributed by atoms with Crippen molar-refractivity contribution >= 4 is 21.7 Å². The molecule has 0 saturated heterocycles. The fraction of sp³-hybridized carbons (Fsp3) is 0.533. The van der Waals surface area contributed by atoms with Crippen molar-refractivity contribution in [1.29, 1.82) is 0 Å². The molecule has 7 heteroatoms. The first-order valence-electron chi connectivity index (χ1n) is 7.37. The van der Waals surface area contributed by atoms with E-state index >= 15 is 0 Å². The largest absolute Gasteiger partial charge is 0.478 e. The first-order valence-corrected chi connectivity index (χ1v) is 8.85. The summed E-state index contributed by atoms with van der Waals surface area (Å²) in [6.45, 7) is 7.54. The Balaban J connectivity index is 3.20.